The molecule has 1 saturated heterocycles. The van der Waals surface area contributed by atoms with Crippen LogP contribution in [0.25, 0.3) is 11.1 Å². The molecule has 2 aromatic carbocycles. The second-order valence-electron chi connectivity index (χ2n) is 6.22. The van der Waals surface area contributed by atoms with E-state index < -0.39 is 11.6 Å². The van der Waals surface area contributed by atoms with Gasteiger partial charge >= 0.3 is 0 Å². The van der Waals surface area contributed by atoms with Crippen molar-refractivity contribution in [1.29, 1.82) is 0 Å². The molecule has 0 radical (unpaired) electrons. The van der Waals surface area contributed by atoms with Crippen molar-refractivity contribution in [3.8, 4) is 0 Å². The molecule has 0 N–H and O–H groups in total. The summed E-state index contributed by atoms with van der Waals surface area (Å²) in [6.07, 6.45) is 1.45. The Labute approximate surface area is 143 Å². The van der Waals surface area contributed by atoms with Crippen molar-refractivity contribution in [2.24, 2.45) is 0 Å². The molecule has 4 nitrogen and oxygen atoms in total. The van der Waals surface area contributed by atoms with E-state index in [-0.39, 0.29) is 17.4 Å². The minimum atomic E-state index is -1.01. The number of benzene rings is 2. The molecule has 1 aromatic heterocycles. The number of halogens is 2. The minimum absolute atomic E-state index is 0.154. The van der Waals surface area contributed by atoms with Gasteiger partial charge in [0.05, 0.1) is 0 Å². The van der Waals surface area contributed by atoms with E-state index in [2.05, 4.69) is 4.98 Å². The smallest absolute Gasteiger partial charge is 0.253 e. The zero-order chi connectivity index (χ0) is 17.4. The summed E-state index contributed by atoms with van der Waals surface area (Å²) in [6, 6.07) is 10.8. The Kier molecular flexibility index (Phi) is 3.95. The molecule has 1 amide bonds. The molecule has 128 valence electrons. The van der Waals surface area contributed by atoms with Gasteiger partial charge in [0.25, 0.3) is 5.91 Å². The molecule has 3 aromatic rings. The molecule has 0 aliphatic carbocycles. The maximum absolute atomic E-state index is 13.3. The topological polar surface area (TPSA) is 46.3 Å². The first-order chi connectivity index (χ1) is 12.1. The second-order valence-corrected chi connectivity index (χ2v) is 6.22. The molecule has 0 spiro atoms. The van der Waals surface area contributed by atoms with Crippen molar-refractivity contribution >= 4 is 17.0 Å². The van der Waals surface area contributed by atoms with Crippen molar-refractivity contribution < 1.29 is 18.0 Å². The predicted octanol–water partition coefficient (Wildman–Crippen LogP) is 4.13. The van der Waals surface area contributed by atoms with Gasteiger partial charge in [-0.15, -0.1) is 0 Å². The van der Waals surface area contributed by atoms with E-state index in [9.17, 15) is 13.6 Å². The highest BCUT2D eigenvalue weighted by Crippen LogP contribution is 2.30. The van der Waals surface area contributed by atoms with Crippen LogP contribution in [0.3, 0.4) is 0 Å². The van der Waals surface area contributed by atoms with E-state index in [1.165, 1.54) is 6.07 Å². The summed E-state index contributed by atoms with van der Waals surface area (Å²) in [6.45, 7) is 1.06. The van der Waals surface area contributed by atoms with Crippen LogP contribution in [-0.2, 0) is 0 Å². The molecule has 0 bridgehead atoms. The molecule has 0 unspecified atom stereocenters. The zero-order valence-corrected chi connectivity index (χ0v) is 13.4. The molecule has 1 aliphatic heterocycles. The Morgan fingerprint density at radius 1 is 1.08 bits per heavy atom. The molecule has 0 saturated carbocycles. The number of oxazole rings is 1. The highest BCUT2D eigenvalue weighted by molar-refractivity contribution is 5.94. The number of likely N-dealkylation sites (tertiary alicyclic amines) is 1. The molecular formula is C19H16F2N2O2. The molecule has 4 rings (SSSR count). The number of carbonyl (C=O) groups is 1. The number of hydrogen-bond acceptors (Lipinski definition) is 3. The number of amides is 1. The average Bonchev–Trinajstić information content (AvgIpc) is 3.08. The molecular weight excluding hydrogens is 326 g/mol. The number of hydrogen-bond donors (Lipinski definition) is 0. The summed E-state index contributed by atoms with van der Waals surface area (Å²) in [5.41, 5.74) is 1.76. The van der Waals surface area contributed by atoms with Crippen molar-refractivity contribution in [2.75, 3.05) is 13.1 Å². The monoisotopic (exact) mass is 342 g/mol. The van der Waals surface area contributed by atoms with Gasteiger partial charge in [0, 0.05) is 24.6 Å². The zero-order valence-electron chi connectivity index (χ0n) is 13.4. The average molecular weight is 342 g/mol. The lowest BCUT2D eigenvalue weighted by Gasteiger charge is -2.30. The van der Waals surface area contributed by atoms with E-state index in [4.69, 9.17) is 4.42 Å². The summed E-state index contributed by atoms with van der Waals surface area (Å²) in [7, 11) is 0. The number of piperidine rings is 1. The summed E-state index contributed by atoms with van der Waals surface area (Å²) in [5, 5.41) is 0. The van der Waals surface area contributed by atoms with Crippen molar-refractivity contribution in [3.63, 3.8) is 0 Å². The van der Waals surface area contributed by atoms with Crippen LogP contribution in [0, 0.1) is 11.6 Å². The number of rotatable bonds is 2. The summed E-state index contributed by atoms with van der Waals surface area (Å²) in [5.74, 6) is -1.39. The van der Waals surface area contributed by atoms with Crippen LogP contribution in [0.15, 0.2) is 46.9 Å². The van der Waals surface area contributed by atoms with Crippen LogP contribution in [0.5, 0.6) is 0 Å². The summed E-state index contributed by atoms with van der Waals surface area (Å²) < 4.78 is 32.1. The van der Waals surface area contributed by atoms with Crippen LogP contribution in [-0.4, -0.2) is 28.9 Å². The molecule has 6 heteroatoms. The molecule has 25 heavy (non-hydrogen) atoms. The Morgan fingerprint density at radius 3 is 2.56 bits per heavy atom. The minimum Gasteiger partial charge on any atom is -0.440 e. The van der Waals surface area contributed by atoms with Crippen LogP contribution in [0.2, 0.25) is 0 Å². The highest BCUT2D eigenvalue weighted by atomic mass is 19.2. The summed E-state index contributed by atoms with van der Waals surface area (Å²) >= 11 is 0. The SMILES string of the molecule is O=C(c1ccc(F)c(F)c1)N1CCC(c2nc3ccccc3o2)CC1. The third-order valence-electron chi connectivity index (χ3n) is 4.61. The van der Waals surface area contributed by atoms with Crippen molar-refractivity contribution in [1.82, 2.24) is 9.88 Å². The maximum Gasteiger partial charge on any atom is 0.253 e. The largest absolute Gasteiger partial charge is 0.440 e. The number of carbonyl (C=O) groups excluding carboxylic acids is 1. The van der Waals surface area contributed by atoms with E-state index in [1.807, 2.05) is 24.3 Å². The fourth-order valence-electron chi connectivity index (χ4n) is 3.21. The Hall–Kier alpha value is -2.76. The van der Waals surface area contributed by atoms with E-state index >= 15 is 0 Å². The van der Waals surface area contributed by atoms with E-state index in [0.29, 0.717) is 19.0 Å². The van der Waals surface area contributed by atoms with Gasteiger partial charge in [-0.3, -0.25) is 4.79 Å². The lowest BCUT2D eigenvalue weighted by atomic mass is 9.96. The normalized spacial score (nSPS) is 15.7. The summed E-state index contributed by atoms with van der Waals surface area (Å²) in [4.78, 5) is 18.6. The second kappa shape index (κ2) is 6.27. The first kappa shape index (κ1) is 15.7. The number of aromatic nitrogens is 1. The lowest BCUT2D eigenvalue weighted by molar-refractivity contribution is 0.0706. The van der Waals surface area contributed by atoms with Gasteiger partial charge in [-0.2, -0.15) is 0 Å². The first-order valence-electron chi connectivity index (χ1n) is 8.21. The van der Waals surface area contributed by atoms with Gasteiger partial charge in [0.15, 0.2) is 23.1 Å². The Balaban J connectivity index is 1.45. The Bertz CT molecular complexity index is 897. The first-order valence-corrected chi connectivity index (χ1v) is 8.21. The van der Waals surface area contributed by atoms with Crippen LogP contribution in [0.4, 0.5) is 8.78 Å². The third kappa shape index (κ3) is 2.99. The van der Waals surface area contributed by atoms with Gasteiger partial charge in [-0.1, -0.05) is 12.1 Å². The van der Waals surface area contributed by atoms with Crippen LogP contribution >= 0.6 is 0 Å². The lowest BCUT2D eigenvalue weighted by Crippen LogP contribution is -2.38. The van der Waals surface area contributed by atoms with Gasteiger partial charge < -0.3 is 9.32 Å². The molecule has 1 fully saturated rings. The Morgan fingerprint density at radius 2 is 1.84 bits per heavy atom. The van der Waals surface area contributed by atoms with Crippen LogP contribution < -0.4 is 0 Å². The number of para-hydroxylation sites is 2. The highest BCUT2D eigenvalue weighted by Gasteiger charge is 2.27. The quantitative estimate of drug-likeness (QED) is 0.704. The van der Waals surface area contributed by atoms with Gasteiger partial charge in [0.2, 0.25) is 0 Å². The number of fused-ring (bicyclic) bond motifs is 1. The molecule has 0 atom stereocenters. The van der Waals surface area contributed by atoms with Crippen molar-refractivity contribution in [2.45, 2.75) is 18.8 Å². The van der Waals surface area contributed by atoms with E-state index in [1.54, 1.807) is 4.90 Å². The van der Waals surface area contributed by atoms with Crippen LogP contribution in [0.1, 0.15) is 35.0 Å². The van der Waals surface area contributed by atoms with Gasteiger partial charge in [-0.05, 0) is 43.2 Å². The standard InChI is InChI=1S/C19H16F2N2O2/c20-14-6-5-13(11-15(14)21)19(24)23-9-7-12(8-10-23)18-22-16-3-1-2-4-17(16)25-18/h1-6,11-12H,7-10H2. The van der Waals surface area contributed by atoms with Crippen molar-refractivity contribution in [3.05, 3.63) is 65.6 Å². The maximum atomic E-state index is 13.3. The molecule has 1 aliphatic rings. The fraction of sp³-hybridized carbons (Fsp3) is 0.263. The third-order valence-corrected chi connectivity index (χ3v) is 4.61. The number of nitrogens with zero attached hydrogens (tertiary/aromatic N) is 2. The molecule has 2 heterocycles. The van der Waals surface area contributed by atoms with E-state index in [0.717, 1.165) is 36.1 Å². The predicted molar refractivity (Wildman–Crippen MR) is 88.2 cm³/mol. The van der Waals surface area contributed by atoms with Gasteiger partial charge in [0.1, 0.15) is 5.52 Å². The van der Waals surface area contributed by atoms with Gasteiger partial charge in [-0.25, -0.2) is 13.8 Å². The fourth-order valence-corrected chi connectivity index (χ4v) is 3.21.